The second-order valence-electron chi connectivity index (χ2n) is 14.5. The summed E-state index contributed by atoms with van der Waals surface area (Å²) >= 11 is 16.1. The summed E-state index contributed by atoms with van der Waals surface area (Å²) in [5, 5.41) is 132. The Balaban J connectivity index is 1.23. The van der Waals surface area contributed by atoms with E-state index in [0.717, 1.165) is 14.7 Å². The number of amides is 3. The standard InChI is InChI=1S/C30H45N7O18S3/c38-7-10-13(41)28(16(44)19(47)53-10)22(50)35(25(56)31-28)4-1-34(2-5-36-23(51)29(32-26(36)57)14(42)11(8-39)54-20(48)17(29)45)3-6-37-24(52)30(33-27(37)58)15(43)12(9-40)55-21(49)18(30)46/h10-21,38-49H,1-9H2,(H,31,56)(H,32,57)(H,33,58)/t10-,11-,12-,13-,14-,15-,16+,17+,18+,19-,20-,21-,28+,29+,30+/m1/s1. The van der Waals surface area contributed by atoms with Crippen molar-refractivity contribution in [3.63, 3.8) is 0 Å². The Labute approximate surface area is 343 Å². The first-order valence-corrected chi connectivity index (χ1v) is 19.1. The molecular weight excluding hydrogens is 843 g/mol. The van der Waals surface area contributed by atoms with Gasteiger partial charge < -0.3 is 91.4 Å². The van der Waals surface area contributed by atoms with E-state index in [1.54, 1.807) is 4.90 Å². The number of thiocarbonyl (C=S) groups is 3. The van der Waals surface area contributed by atoms with Crippen LogP contribution in [-0.2, 0) is 28.6 Å². The van der Waals surface area contributed by atoms with Gasteiger partial charge in [-0.05, 0) is 36.7 Å². The first kappa shape index (κ1) is 45.0. The van der Waals surface area contributed by atoms with Gasteiger partial charge in [0.2, 0.25) is 0 Å². The molecule has 0 aromatic carbocycles. The van der Waals surface area contributed by atoms with E-state index in [9.17, 15) is 75.7 Å². The summed E-state index contributed by atoms with van der Waals surface area (Å²) in [6.45, 7) is -3.99. The second-order valence-corrected chi connectivity index (χ2v) is 15.7. The quantitative estimate of drug-likeness (QED) is 0.0809. The van der Waals surface area contributed by atoms with Crippen molar-refractivity contribution in [2.45, 2.75) is 90.4 Å². The molecule has 6 rings (SSSR count). The number of rotatable bonds is 12. The molecule has 28 heteroatoms. The lowest BCUT2D eigenvalue weighted by atomic mass is 9.80. The van der Waals surface area contributed by atoms with E-state index >= 15 is 0 Å². The number of hydrogen-bond donors (Lipinski definition) is 15. The van der Waals surface area contributed by atoms with Crippen LogP contribution in [0, 0.1) is 0 Å². The maximum atomic E-state index is 13.9. The molecule has 0 bridgehead atoms. The van der Waals surface area contributed by atoms with E-state index in [4.69, 9.17) is 50.9 Å². The number of carbonyl (C=O) groups is 3. The van der Waals surface area contributed by atoms with Crippen molar-refractivity contribution in [1.29, 1.82) is 0 Å². The fourth-order valence-electron chi connectivity index (χ4n) is 8.20. The van der Waals surface area contributed by atoms with Gasteiger partial charge in [-0.25, -0.2) is 0 Å². The molecule has 58 heavy (non-hydrogen) atoms. The summed E-state index contributed by atoms with van der Waals surface area (Å²) in [5.74, 6) is -3.00. The number of carbonyl (C=O) groups excluding carboxylic acids is 3. The molecule has 0 saturated carbocycles. The average molecular weight is 888 g/mol. The minimum Gasteiger partial charge on any atom is -0.394 e. The zero-order valence-electron chi connectivity index (χ0n) is 30.1. The summed E-state index contributed by atoms with van der Waals surface area (Å²) in [5.41, 5.74) is -7.00. The summed E-state index contributed by atoms with van der Waals surface area (Å²) < 4.78 is 15.1. The topological polar surface area (TPSA) is 371 Å². The minimum absolute atomic E-state index is 0.173. The Kier molecular flexibility index (Phi) is 13.0. The highest BCUT2D eigenvalue weighted by atomic mass is 32.1. The van der Waals surface area contributed by atoms with Crippen LogP contribution in [0.15, 0.2) is 0 Å². The predicted molar refractivity (Wildman–Crippen MR) is 197 cm³/mol. The highest BCUT2D eigenvalue weighted by Gasteiger charge is 2.68. The molecule has 15 N–H and O–H groups in total. The SMILES string of the molecule is O=C1N(CCN(CCN2C(=O)[C@]3(NC2=S)[C@H](O)[C@@H](CO)O[C@@H](O)[C@@H]3O)CCN2C(=O)[C@]3(NC2=S)[C@H](O)[C@@H](CO)O[C@@H](O)[C@@H]3O)C(=S)N[C@]12[C@H](O)[C@@H](CO)O[C@@H](O)[C@@H]2O. The van der Waals surface area contributed by atoms with Gasteiger partial charge in [0.25, 0.3) is 17.7 Å². The average Bonchev–Trinajstić information content (AvgIpc) is 3.71. The van der Waals surface area contributed by atoms with E-state index in [0.29, 0.717) is 0 Å². The van der Waals surface area contributed by atoms with Crippen LogP contribution in [0.3, 0.4) is 0 Å². The highest BCUT2D eigenvalue weighted by Crippen LogP contribution is 2.37. The largest absolute Gasteiger partial charge is 0.394 e. The van der Waals surface area contributed by atoms with Crippen molar-refractivity contribution in [1.82, 2.24) is 35.6 Å². The number of aliphatic hydroxyl groups is 12. The Bertz CT molecular complexity index is 1490. The van der Waals surface area contributed by atoms with Gasteiger partial charge in [-0.2, -0.15) is 0 Å². The Hall–Kier alpha value is -2.56. The lowest BCUT2D eigenvalue weighted by Crippen LogP contribution is -2.74. The van der Waals surface area contributed by atoms with Crippen LogP contribution in [0.5, 0.6) is 0 Å². The molecule has 0 radical (unpaired) electrons. The second kappa shape index (κ2) is 16.7. The van der Waals surface area contributed by atoms with Gasteiger partial charge in [0.1, 0.15) is 54.9 Å². The fourth-order valence-corrected chi connectivity index (χ4v) is 9.23. The van der Waals surface area contributed by atoms with Crippen LogP contribution in [0.25, 0.3) is 0 Å². The lowest BCUT2D eigenvalue weighted by Gasteiger charge is -2.45. The molecule has 3 spiro atoms. The van der Waals surface area contributed by atoms with Crippen molar-refractivity contribution >= 4 is 69.7 Å². The number of nitrogens with zero attached hydrogens (tertiary/aromatic N) is 4. The van der Waals surface area contributed by atoms with Gasteiger partial charge in [-0.15, -0.1) is 0 Å². The third-order valence-corrected chi connectivity index (χ3v) is 12.5. The molecular formula is C30H45N7O18S3. The van der Waals surface area contributed by atoms with Gasteiger partial charge in [0.15, 0.2) is 50.8 Å². The molecule has 0 aromatic heterocycles. The van der Waals surface area contributed by atoms with Crippen molar-refractivity contribution in [3.05, 3.63) is 0 Å². The van der Waals surface area contributed by atoms with E-state index in [-0.39, 0.29) is 54.6 Å². The van der Waals surface area contributed by atoms with Crippen molar-refractivity contribution in [2.24, 2.45) is 0 Å². The van der Waals surface area contributed by atoms with E-state index < -0.39 is 128 Å². The third kappa shape index (κ3) is 6.76. The van der Waals surface area contributed by atoms with Gasteiger partial charge in [0, 0.05) is 39.3 Å². The fraction of sp³-hybridized carbons (Fsp3) is 0.800. The van der Waals surface area contributed by atoms with Crippen molar-refractivity contribution < 1.29 is 89.9 Å². The summed E-state index contributed by atoms with van der Waals surface area (Å²) in [6.07, 6.45) is -22.4. The summed E-state index contributed by atoms with van der Waals surface area (Å²) in [4.78, 5) is 46.1. The zero-order chi connectivity index (χ0) is 42.8. The lowest BCUT2D eigenvalue weighted by molar-refractivity contribution is -0.277. The maximum absolute atomic E-state index is 13.9. The van der Waals surface area contributed by atoms with Gasteiger partial charge in [0.05, 0.1) is 19.8 Å². The first-order chi connectivity index (χ1) is 27.3. The van der Waals surface area contributed by atoms with Gasteiger partial charge >= 0.3 is 0 Å². The number of ether oxygens (including phenoxy) is 3. The Morgan fingerprint density at radius 2 is 0.724 bits per heavy atom. The van der Waals surface area contributed by atoms with Gasteiger partial charge in [-0.1, -0.05) is 0 Å². The zero-order valence-corrected chi connectivity index (χ0v) is 32.6. The normalized spacial score (nSPS) is 43.1. The monoisotopic (exact) mass is 887 g/mol. The Morgan fingerprint density at radius 3 is 0.948 bits per heavy atom. The van der Waals surface area contributed by atoms with Crippen LogP contribution < -0.4 is 16.0 Å². The third-order valence-electron chi connectivity index (χ3n) is 11.5. The molecule has 3 amide bonds. The smallest absolute Gasteiger partial charge is 0.260 e. The number of aliphatic hydroxyl groups excluding tert-OH is 12. The highest BCUT2D eigenvalue weighted by molar-refractivity contribution is 7.80. The van der Waals surface area contributed by atoms with Crippen LogP contribution in [0.1, 0.15) is 0 Å². The summed E-state index contributed by atoms with van der Waals surface area (Å²) in [7, 11) is 0. The molecule has 6 aliphatic rings. The molecule has 6 fully saturated rings. The predicted octanol–water partition coefficient (Wildman–Crippen LogP) is -11.1. The molecule has 6 saturated heterocycles. The maximum Gasteiger partial charge on any atom is 0.260 e. The van der Waals surface area contributed by atoms with Gasteiger partial charge in [-0.3, -0.25) is 34.0 Å². The number of hydrogen-bond acceptors (Lipinski definition) is 22. The minimum atomic E-state index is -2.33. The molecule has 0 unspecified atom stereocenters. The number of nitrogens with one attached hydrogen (secondary N) is 3. The molecule has 6 heterocycles. The molecule has 25 nitrogen and oxygen atoms in total. The first-order valence-electron chi connectivity index (χ1n) is 17.9. The molecule has 6 aliphatic heterocycles. The Morgan fingerprint density at radius 1 is 0.483 bits per heavy atom. The molecule has 326 valence electrons. The van der Waals surface area contributed by atoms with Crippen LogP contribution in [-0.4, -0.2) is 263 Å². The van der Waals surface area contributed by atoms with Crippen LogP contribution in [0.2, 0.25) is 0 Å². The summed E-state index contributed by atoms with van der Waals surface area (Å²) in [6, 6.07) is 0. The molecule has 15 atom stereocenters. The van der Waals surface area contributed by atoms with Crippen molar-refractivity contribution in [2.75, 3.05) is 59.1 Å². The molecule has 0 aromatic rings. The van der Waals surface area contributed by atoms with E-state index in [1.165, 1.54) is 0 Å². The van der Waals surface area contributed by atoms with E-state index in [1.807, 2.05) is 0 Å². The van der Waals surface area contributed by atoms with E-state index in [2.05, 4.69) is 16.0 Å². The van der Waals surface area contributed by atoms with Crippen LogP contribution in [0.4, 0.5) is 0 Å². The molecule has 0 aliphatic carbocycles. The van der Waals surface area contributed by atoms with Crippen molar-refractivity contribution in [3.8, 4) is 0 Å². The van der Waals surface area contributed by atoms with Crippen LogP contribution >= 0.6 is 36.7 Å².